The van der Waals surface area contributed by atoms with Gasteiger partial charge in [0.1, 0.15) is 12.0 Å². The third kappa shape index (κ3) is 2.03. The van der Waals surface area contributed by atoms with Crippen LogP contribution in [0.3, 0.4) is 0 Å². The second-order valence-corrected chi connectivity index (χ2v) is 4.80. The van der Waals surface area contributed by atoms with Crippen LogP contribution >= 0.6 is 12.2 Å². The van der Waals surface area contributed by atoms with Gasteiger partial charge in [-0.2, -0.15) is 5.10 Å². The second kappa shape index (κ2) is 4.97. The summed E-state index contributed by atoms with van der Waals surface area (Å²) in [5, 5.41) is 15.1. The molecule has 0 aromatic carbocycles. The molecular formula is C12H13N7S. The van der Waals surface area contributed by atoms with Gasteiger partial charge in [-0.3, -0.25) is 14.6 Å². The number of nitrogens with zero attached hydrogens (tertiary/aromatic N) is 6. The molecule has 3 rings (SSSR count). The predicted octanol–water partition coefficient (Wildman–Crippen LogP) is 1.74. The number of H-pyrrole nitrogens is 1. The predicted molar refractivity (Wildman–Crippen MR) is 75.5 cm³/mol. The molecule has 0 saturated heterocycles. The van der Waals surface area contributed by atoms with E-state index in [0.29, 0.717) is 10.6 Å². The molecule has 0 fully saturated rings. The fourth-order valence-corrected chi connectivity index (χ4v) is 2.42. The van der Waals surface area contributed by atoms with Crippen molar-refractivity contribution < 1.29 is 0 Å². The van der Waals surface area contributed by atoms with E-state index in [2.05, 4.69) is 25.4 Å². The van der Waals surface area contributed by atoms with E-state index in [9.17, 15) is 0 Å². The molecule has 3 heterocycles. The summed E-state index contributed by atoms with van der Waals surface area (Å²) in [5.74, 6) is 1.49. The van der Waals surface area contributed by atoms with E-state index in [0.717, 1.165) is 11.5 Å². The molecule has 102 valence electrons. The zero-order valence-electron chi connectivity index (χ0n) is 11.1. The lowest BCUT2D eigenvalue weighted by Crippen LogP contribution is -2.13. The maximum atomic E-state index is 5.33. The summed E-state index contributed by atoms with van der Waals surface area (Å²) >= 11 is 5.33. The molecule has 3 aromatic rings. The number of aromatic nitrogens is 7. The molecule has 1 unspecified atom stereocenters. The molecule has 0 spiro atoms. The van der Waals surface area contributed by atoms with Crippen LogP contribution in [0.1, 0.15) is 18.8 Å². The molecule has 0 aliphatic heterocycles. The lowest BCUT2D eigenvalue weighted by atomic mass is 10.2. The fourth-order valence-electron chi connectivity index (χ4n) is 2.13. The SMILES string of the molecule is CC(c1nncn1C)n1c(-c2ccccn2)n[nH]c1=S. The van der Waals surface area contributed by atoms with Gasteiger partial charge < -0.3 is 4.57 Å². The summed E-state index contributed by atoms with van der Waals surface area (Å²) < 4.78 is 4.28. The van der Waals surface area contributed by atoms with Gasteiger partial charge in [0.05, 0.1) is 6.04 Å². The Morgan fingerprint density at radius 2 is 2.20 bits per heavy atom. The number of pyridine rings is 1. The van der Waals surface area contributed by atoms with Crippen molar-refractivity contribution >= 4 is 12.2 Å². The van der Waals surface area contributed by atoms with Gasteiger partial charge in [-0.25, -0.2) is 0 Å². The number of aromatic amines is 1. The Hall–Kier alpha value is -2.35. The van der Waals surface area contributed by atoms with Gasteiger partial charge in [0.25, 0.3) is 0 Å². The van der Waals surface area contributed by atoms with Crippen LogP contribution < -0.4 is 0 Å². The van der Waals surface area contributed by atoms with Crippen molar-refractivity contribution in [3.05, 3.63) is 41.3 Å². The molecule has 20 heavy (non-hydrogen) atoms. The van der Waals surface area contributed by atoms with Crippen LogP contribution in [-0.2, 0) is 7.05 Å². The van der Waals surface area contributed by atoms with E-state index in [1.165, 1.54) is 0 Å². The van der Waals surface area contributed by atoms with Crippen molar-refractivity contribution in [2.45, 2.75) is 13.0 Å². The number of hydrogen-bond acceptors (Lipinski definition) is 5. The molecule has 1 N–H and O–H groups in total. The first kappa shape index (κ1) is 12.7. The van der Waals surface area contributed by atoms with E-state index in [-0.39, 0.29) is 6.04 Å². The van der Waals surface area contributed by atoms with E-state index in [1.807, 2.05) is 41.3 Å². The van der Waals surface area contributed by atoms with Crippen molar-refractivity contribution in [3.8, 4) is 11.5 Å². The van der Waals surface area contributed by atoms with Crippen LogP contribution in [0.15, 0.2) is 30.7 Å². The molecule has 0 radical (unpaired) electrons. The molecule has 7 nitrogen and oxygen atoms in total. The summed E-state index contributed by atoms with van der Waals surface area (Å²) in [6.07, 6.45) is 3.39. The van der Waals surface area contributed by atoms with Crippen molar-refractivity contribution in [2.75, 3.05) is 0 Å². The van der Waals surface area contributed by atoms with Crippen molar-refractivity contribution in [1.82, 2.24) is 34.5 Å². The minimum Gasteiger partial charge on any atom is -0.319 e. The molecule has 0 aliphatic rings. The third-order valence-electron chi connectivity index (χ3n) is 3.11. The van der Waals surface area contributed by atoms with Crippen molar-refractivity contribution in [2.24, 2.45) is 7.05 Å². The highest BCUT2D eigenvalue weighted by Crippen LogP contribution is 2.22. The quantitative estimate of drug-likeness (QED) is 0.742. The Morgan fingerprint density at radius 3 is 2.85 bits per heavy atom. The summed E-state index contributed by atoms with van der Waals surface area (Å²) in [6.45, 7) is 2.00. The van der Waals surface area contributed by atoms with Gasteiger partial charge in [0.15, 0.2) is 16.4 Å². The lowest BCUT2D eigenvalue weighted by Gasteiger charge is -2.14. The van der Waals surface area contributed by atoms with Gasteiger partial charge in [0.2, 0.25) is 0 Å². The van der Waals surface area contributed by atoms with E-state index in [1.54, 1.807) is 12.5 Å². The Balaban J connectivity index is 2.13. The van der Waals surface area contributed by atoms with Gasteiger partial charge in [-0.05, 0) is 31.3 Å². The van der Waals surface area contributed by atoms with Crippen LogP contribution in [0.4, 0.5) is 0 Å². The highest BCUT2D eigenvalue weighted by molar-refractivity contribution is 7.71. The number of aryl methyl sites for hydroxylation is 1. The zero-order chi connectivity index (χ0) is 14.1. The topological polar surface area (TPSA) is 77.2 Å². The smallest absolute Gasteiger partial charge is 0.196 e. The van der Waals surface area contributed by atoms with Crippen LogP contribution in [-0.4, -0.2) is 34.5 Å². The first-order valence-corrected chi connectivity index (χ1v) is 6.51. The summed E-state index contributed by atoms with van der Waals surface area (Å²) in [7, 11) is 1.90. The Labute approximate surface area is 120 Å². The zero-order valence-corrected chi connectivity index (χ0v) is 11.9. The average molecular weight is 287 g/mol. The standard InChI is InChI=1S/C12H13N7S/c1-8(10-15-14-7-18(10)2)19-11(16-17-12(19)20)9-5-3-4-6-13-9/h3-8H,1-2H3,(H,17,20). The van der Waals surface area contributed by atoms with Gasteiger partial charge >= 0.3 is 0 Å². The summed E-state index contributed by atoms with van der Waals surface area (Å²) in [6, 6.07) is 5.58. The molecular weight excluding hydrogens is 274 g/mol. The third-order valence-corrected chi connectivity index (χ3v) is 3.39. The highest BCUT2D eigenvalue weighted by Gasteiger charge is 2.20. The Kier molecular flexibility index (Phi) is 3.15. The van der Waals surface area contributed by atoms with Gasteiger partial charge in [0, 0.05) is 13.2 Å². The molecule has 8 heteroatoms. The Morgan fingerprint density at radius 1 is 1.35 bits per heavy atom. The summed E-state index contributed by atoms with van der Waals surface area (Å²) in [5.41, 5.74) is 0.758. The van der Waals surface area contributed by atoms with E-state index >= 15 is 0 Å². The average Bonchev–Trinajstić information content (AvgIpc) is 3.05. The molecule has 0 aliphatic carbocycles. The molecule has 1 atom stereocenters. The van der Waals surface area contributed by atoms with Gasteiger partial charge in [-0.1, -0.05) is 6.07 Å². The van der Waals surface area contributed by atoms with Crippen LogP contribution in [0.2, 0.25) is 0 Å². The fraction of sp³-hybridized carbons (Fsp3) is 0.250. The van der Waals surface area contributed by atoms with Crippen molar-refractivity contribution in [3.63, 3.8) is 0 Å². The minimum atomic E-state index is -0.0919. The highest BCUT2D eigenvalue weighted by atomic mass is 32.1. The molecule has 3 aromatic heterocycles. The number of hydrogen-bond donors (Lipinski definition) is 1. The number of nitrogens with one attached hydrogen (secondary N) is 1. The second-order valence-electron chi connectivity index (χ2n) is 4.41. The first-order chi connectivity index (χ1) is 9.68. The summed E-state index contributed by atoms with van der Waals surface area (Å²) in [4.78, 5) is 4.32. The van der Waals surface area contributed by atoms with Crippen LogP contribution in [0.5, 0.6) is 0 Å². The molecule has 0 saturated carbocycles. The maximum Gasteiger partial charge on any atom is 0.196 e. The van der Waals surface area contributed by atoms with Crippen LogP contribution in [0.25, 0.3) is 11.5 Å². The van der Waals surface area contributed by atoms with Crippen molar-refractivity contribution in [1.29, 1.82) is 0 Å². The lowest BCUT2D eigenvalue weighted by molar-refractivity contribution is 0.570. The number of rotatable bonds is 3. The van der Waals surface area contributed by atoms with E-state index < -0.39 is 0 Å². The maximum absolute atomic E-state index is 5.33. The first-order valence-electron chi connectivity index (χ1n) is 6.10. The largest absolute Gasteiger partial charge is 0.319 e. The van der Waals surface area contributed by atoms with E-state index in [4.69, 9.17) is 12.2 Å². The monoisotopic (exact) mass is 287 g/mol. The van der Waals surface area contributed by atoms with Gasteiger partial charge in [-0.15, -0.1) is 10.2 Å². The molecule has 0 amide bonds. The minimum absolute atomic E-state index is 0.0919. The normalized spacial score (nSPS) is 12.5. The van der Waals surface area contributed by atoms with Crippen LogP contribution in [0, 0.1) is 4.77 Å². The Bertz CT molecular complexity index is 770. The molecule has 0 bridgehead atoms.